The van der Waals surface area contributed by atoms with Gasteiger partial charge in [-0.1, -0.05) is 17.3 Å². The second kappa shape index (κ2) is 7.21. The Labute approximate surface area is 126 Å². The summed E-state index contributed by atoms with van der Waals surface area (Å²) in [6, 6.07) is 7.23. The SMILES string of the molecule is COc1ccc(CC(=O)NCc2cn(CC(=O)O)nn2)cc1. The fraction of sp³-hybridized carbons (Fsp3) is 0.286. The zero-order chi connectivity index (χ0) is 15.9. The number of carbonyl (C=O) groups is 2. The summed E-state index contributed by atoms with van der Waals surface area (Å²) < 4.78 is 6.25. The van der Waals surface area contributed by atoms with Gasteiger partial charge in [-0.15, -0.1) is 5.10 Å². The minimum atomic E-state index is -1.00. The van der Waals surface area contributed by atoms with Crippen LogP contribution in [-0.4, -0.2) is 39.1 Å². The molecule has 0 saturated carbocycles. The van der Waals surface area contributed by atoms with Crippen LogP contribution in [0.3, 0.4) is 0 Å². The molecule has 1 amide bonds. The first-order valence-corrected chi connectivity index (χ1v) is 6.57. The van der Waals surface area contributed by atoms with E-state index in [4.69, 9.17) is 9.84 Å². The lowest BCUT2D eigenvalue weighted by atomic mass is 10.1. The van der Waals surface area contributed by atoms with E-state index in [1.165, 1.54) is 10.9 Å². The topological polar surface area (TPSA) is 106 Å². The average Bonchev–Trinajstić information content (AvgIpc) is 2.93. The third kappa shape index (κ3) is 4.58. The van der Waals surface area contributed by atoms with Gasteiger partial charge in [0.1, 0.15) is 18.0 Å². The second-order valence-electron chi connectivity index (χ2n) is 4.60. The third-order valence-electron chi connectivity index (χ3n) is 2.87. The van der Waals surface area contributed by atoms with Crippen molar-refractivity contribution in [3.05, 3.63) is 41.7 Å². The Kier molecular flexibility index (Phi) is 5.07. The molecule has 0 saturated heterocycles. The van der Waals surface area contributed by atoms with Gasteiger partial charge < -0.3 is 15.2 Å². The Morgan fingerprint density at radius 3 is 2.68 bits per heavy atom. The van der Waals surface area contributed by atoms with Gasteiger partial charge in [-0.05, 0) is 17.7 Å². The highest BCUT2D eigenvalue weighted by molar-refractivity contribution is 5.78. The minimum Gasteiger partial charge on any atom is -0.497 e. The van der Waals surface area contributed by atoms with Crippen LogP contribution in [-0.2, 0) is 29.1 Å². The van der Waals surface area contributed by atoms with E-state index >= 15 is 0 Å². The van der Waals surface area contributed by atoms with Gasteiger partial charge in [0.2, 0.25) is 5.91 Å². The molecule has 0 atom stereocenters. The van der Waals surface area contributed by atoms with Gasteiger partial charge in [-0.25, -0.2) is 4.68 Å². The van der Waals surface area contributed by atoms with Crippen molar-refractivity contribution in [2.24, 2.45) is 0 Å². The number of aliphatic carboxylic acids is 1. The first-order valence-electron chi connectivity index (χ1n) is 6.57. The normalized spacial score (nSPS) is 10.2. The quantitative estimate of drug-likeness (QED) is 0.758. The molecule has 8 heteroatoms. The van der Waals surface area contributed by atoms with E-state index in [0.29, 0.717) is 5.69 Å². The molecule has 8 nitrogen and oxygen atoms in total. The van der Waals surface area contributed by atoms with Crippen LogP contribution in [0.4, 0.5) is 0 Å². The molecule has 0 aliphatic rings. The molecule has 0 unspecified atom stereocenters. The second-order valence-corrected chi connectivity index (χ2v) is 4.60. The minimum absolute atomic E-state index is 0.155. The number of amides is 1. The highest BCUT2D eigenvalue weighted by Crippen LogP contribution is 2.11. The highest BCUT2D eigenvalue weighted by Gasteiger charge is 2.07. The lowest BCUT2D eigenvalue weighted by Crippen LogP contribution is -2.24. The molecule has 0 aliphatic carbocycles. The van der Waals surface area contributed by atoms with Gasteiger partial charge in [0.05, 0.1) is 26.3 Å². The zero-order valence-corrected chi connectivity index (χ0v) is 12.0. The smallest absolute Gasteiger partial charge is 0.325 e. The molecule has 0 spiro atoms. The molecule has 22 heavy (non-hydrogen) atoms. The molecule has 2 rings (SSSR count). The van der Waals surface area contributed by atoms with Crippen LogP contribution in [0.15, 0.2) is 30.5 Å². The van der Waals surface area contributed by atoms with Gasteiger partial charge in [0, 0.05) is 0 Å². The van der Waals surface area contributed by atoms with Gasteiger partial charge in [-0.3, -0.25) is 9.59 Å². The number of nitrogens with zero attached hydrogens (tertiary/aromatic N) is 3. The van der Waals surface area contributed by atoms with Crippen LogP contribution >= 0.6 is 0 Å². The summed E-state index contributed by atoms with van der Waals surface area (Å²) in [4.78, 5) is 22.4. The number of benzene rings is 1. The molecule has 2 N–H and O–H groups in total. The van der Waals surface area contributed by atoms with Crippen molar-refractivity contribution in [3.63, 3.8) is 0 Å². The summed E-state index contributed by atoms with van der Waals surface area (Å²) in [5.41, 5.74) is 1.37. The number of nitrogens with one attached hydrogen (secondary N) is 1. The average molecular weight is 304 g/mol. The molecule has 2 aromatic rings. The van der Waals surface area contributed by atoms with Crippen molar-refractivity contribution < 1.29 is 19.4 Å². The van der Waals surface area contributed by atoms with Gasteiger partial charge in [0.15, 0.2) is 0 Å². The lowest BCUT2D eigenvalue weighted by Gasteiger charge is -2.04. The van der Waals surface area contributed by atoms with Crippen LogP contribution in [0.1, 0.15) is 11.3 Å². The Morgan fingerprint density at radius 2 is 2.05 bits per heavy atom. The Bertz CT molecular complexity index is 651. The summed E-state index contributed by atoms with van der Waals surface area (Å²) in [7, 11) is 1.58. The van der Waals surface area contributed by atoms with Gasteiger partial charge in [0.25, 0.3) is 0 Å². The summed E-state index contributed by atoms with van der Waals surface area (Å²) in [6.45, 7) is -0.0542. The van der Waals surface area contributed by atoms with Gasteiger partial charge >= 0.3 is 5.97 Å². The van der Waals surface area contributed by atoms with E-state index in [-0.39, 0.29) is 25.4 Å². The summed E-state index contributed by atoms with van der Waals surface area (Å²) in [5, 5.41) is 18.8. The van der Waals surface area contributed by atoms with E-state index in [1.807, 2.05) is 12.1 Å². The molecule has 1 heterocycles. The van der Waals surface area contributed by atoms with Crippen LogP contribution in [0.25, 0.3) is 0 Å². The molecule has 0 fully saturated rings. The predicted octanol–water partition coefficient (Wildman–Crippen LogP) is 0.230. The zero-order valence-electron chi connectivity index (χ0n) is 12.0. The molecule has 0 aliphatic heterocycles. The highest BCUT2D eigenvalue weighted by atomic mass is 16.5. The summed E-state index contributed by atoms with van der Waals surface area (Å²) in [5.74, 6) is -0.419. The Morgan fingerprint density at radius 1 is 1.32 bits per heavy atom. The van der Waals surface area contributed by atoms with E-state index < -0.39 is 5.97 Å². The fourth-order valence-corrected chi connectivity index (χ4v) is 1.82. The van der Waals surface area contributed by atoms with Crippen LogP contribution in [0, 0.1) is 0 Å². The third-order valence-corrected chi connectivity index (χ3v) is 2.87. The van der Waals surface area contributed by atoms with Crippen molar-refractivity contribution in [1.82, 2.24) is 20.3 Å². The lowest BCUT2D eigenvalue weighted by molar-refractivity contribution is -0.138. The van der Waals surface area contributed by atoms with Crippen LogP contribution < -0.4 is 10.1 Å². The molecular formula is C14H16N4O4. The number of carbonyl (C=O) groups excluding carboxylic acids is 1. The summed E-state index contributed by atoms with van der Waals surface area (Å²) >= 11 is 0. The van der Waals surface area contributed by atoms with Crippen molar-refractivity contribution >= 4 is 11.9 Å². The number of carboxylic acids is 1. The maximum atomic E-state index is 11.8. The molecular weight excluding hydrogens is 288 g/mol. The molecule has 1 aromatic carbocycles. The first kappa shape index (κ1) is 15.5. The van der Waals surface area contributed by atoms with Crippen molar-refractivity contribution in [3.8, 4) is 5.75 Å². The maximum Gasteiger partial charge on any atom is 0.325 e. The number of ether oxygens (including phenoxy) is 1. The number of methoxy groups -OCH3 is 1. The molecule has 116 valence electrons. The van der Waals surface area contributed by atoms with E-state index in [9.17, 15) is 9.59 Å². The van der Waals surface area contributed by atoms with Crippen molar-refractivity contribution in [2.75, 3.05) is 7.11 Å². The fourth-order valence-electron chi connectivity index (χ4n) is 1.82. The monoisotopic (exact) mass is 304 g/mol. The number of hydrogen-bond donors (Lipinski definition) is 2. The predicted molar refractivity (Wildman–Crippen MR) is 76.2 cm³/mol. The van der Waals surface area contributed by atoms with Crippen LogP contribution in [0.2, 0.25) is 0 Å². The van der Waals surface area contributed by atoms with E-state index in [0.717, 1.165) is 11.3 Å². The maximum absolute atomic E-state index is 11.8. The molecule has 0 radical (unpaired) electrons. The van der Waals surface area contributed by atoms with Crippen LogP contribution in [0.5, 0.6) is 5.75 Å². The number of hydrogen-bond acceptors (Lipinski definition) is 5. The number of aromatic nitrogens is 3. The van der Waals surface area contributed by atoms with E-state index in [1.54, 1.807) is 19.2 Å². The van der Waals surface area contributed by atoms with Gasteiger partial charge in [-0.2, -0.15) is 0 Å². The number of rotatable bonds is 7. The van der Waals surface area contributed by atoms with Crippen molar-refractivity contribution in [1.29, 1.82) is 0 Å². The Hall–Kier alpha value is -2.90. The molecule has 1 aromatic heterocycles. The first-order chi connectivity index (χ1) is 10.6. The largest absolute Gasteiger partial charge is 0.497 e. The standard InChI is InChI=1S/C14H16N4O4/c1-22-12-4-2-10(3-5-12)6-13(19)15-7-11-8-18(17-16-11)9-14(20)21/h2-5,8H,6-7,9H2,1H3,(H,15,19)(H,20,21). The van der Waals surface area contributed by atoms with E-state index in [2.05, 4.69) is 15.6 Å². The summed E-state index contributed by atoms with van der Waals surface area (Å²) in [6.07, 6.45) is 1.73. The number of carboxylic acid groups (broad SMARTS) is 1. The Balaban J connectivity index is 1.81. The molecule has 0 bridgehead atoms. The van der Waals surface area contributed by atoms with Crippen molar-refractivity contribution in [2.45, 2.75) is 19.5 Å².